The molecule has 0 saturated heterocycles. The second kappa shape index (κ2) is 4.83. The molecule has 0 saturated carbocycles. The lowest BCUT2D eigenvalue weighted by atomic mass is 10.0. The van der Waals surface area contributed by atoms with Crippen molar-refractivity contribution < 1.29 is 9.53 Å². The number of hydrogen-bond donors (Lipinski definition) is 0. The summed E-state index contributed by atoms with van der Waals surface area (Å²) in [6.45, 7) is 2.05. The van der Waals surface area contributed by atoms with Gasteiger partial charge >= 0.3 is 0 Å². The molecule has 0 fully saturated rings. The maximum absolute atomic E-state index is 10.9. The standard InChI is InChI=1S/C15H14O2/c1-11-3-5-12(6-4-11)13-7-8-15(17-2)14(9-13)10-16/h3-10H,1-2H3. The Bertz CT molecular complexity index is 527. The number of hydrogen-bond acceptors (Lipinski definition) is 2. The van der Waals surface area contributed by atoms with Crippen molar-refractivity contribution >= 4 is 6.29 Å². The van der Waals surface area contributed by atoms with Crippen LogP contribution in [0.15, 0.2) is 42.5 Å². The number of aryl methyl sites for hydroxylation is 1. The monoisotopic (exact) mass is 226 g/mol. The SMILES string of the molecule is COc1ccc(-c2ccc(C)cc2)cc1C=O. The Morgan fingerprint density at radius 3 is 2.24 bits per heavy atom. The largest absolute Gasteiger partial charge is 0.496 e. The van der Waals surface area contributed by atoms with E-state index in [9.17, 15) is 4.79 Å². The van der Waals surface area contributed by atoms with Crippen LogP contribution in [0.5, 0.6) is 5.75 Å². The molecule has 0 N–H and O–H groups in total. The molecule has 0 heterocycles. The van der Waals surface area contributed by atoms with Crippen molar-refractivity contribution in [3.63, 3.8) is 0 Å². The van der Waals surface area contributed by atoms with Gasteiger partial charge in [0.25, 0.3) is 0 Å². The highest BCUT2D eigenvalue weighted by Gasteiger charge is 2.04. The Morgan fingerprint density at radius 1 is 1.00 bits per heavy atom. The smallest absolute Gasteiger partial charge is 0.153 e. The van der Waals surface area contributed by atoms with Gasteiger partial charge in [0.1, 0.15) is 5.75 Å². The van der Waals surface area contributed by atoms with Crippen LogP contribution in [0, 0.1) is 6.92 Å². The van der Waals surface area contributed by atoms with E-state index in [1.165, 1.54) is 5.56 Å². The van der Waals surface area contributed by atoms with Crippen molar-refractivity contribution in [3.8, 4) is 16.9 Å². The van der Waals surface area contributed by atoms with Gasteiger partial charge in [-0.2, -0.15) is 0 Å². The highest BCUT2D eigenvalue weighted by molar-refractivity contribution is 5.83. The Hall–Kier alpha value is -2.09. The van der Waals surface area contributed by atoms with E-state index >= 15 is 0 Å². The van der Waals surface area contributed by atoms with Crippen molar-refractivity contribution in [2.24, 2.45) is 0 Å². The van der Waals surface area contributed by atoms with Gasteiger partial charge in [0, 0.05) is 0 Å². The number of rotatable bonds is 3. The lowest BCUT2D eigenvalue weighted by Crippen LogP contribution is -1.91. The van der Waals surface area contributed by atoms with Gasteiger partial charge in [-0.15, -0.1) is 0 Å². The van der Waals surface area contributed by atoms with Crippen LogP contribution in [0.25, 0.3) is 11.1 Å². The summed E-state index contributed by atoms with van der Waals surface area (Å²) in [7, 11) is 1.56. The molecule has 0 spiro atoms. The van der Waals surface area contributed by atoms with E-state index < -0.39 is 0 Å². The summed E-state index contributed by atoms with van der Waals surface area (Å²) < 4.78 is 5.11. The molecule has 0 aromatic heterocycles. The molecule has 2 aromatic rings. The Kier molecular flexibility index (Phi) is 3.24. The second-order valence-electron chi connectivity index (χ2n) is 3.94. The van der Waals surface area contributed by atoms with E-state index in [4.69, 9.17) is 4.74 Å². The molecule has 2 aromatic carbocycles. The predicted molar refractivity (Wildman–Crippen MR) is 68.6 cm³/mol. The molecular weight excluding hydrogens is 212 g/mol. The average molecular weight is 226 g/mol. The number of benzene rings is 2. The molecule has 0 aliphatic rings. The molecule has 0 amide bonds. The molecular formula is C15H14O2. The minimum absolute atomic E-state index is 0.575. The van der Waals surface area contributed by atoms with Gasteiger partial charge in [-0.05, 0) is 30.2 Å². The minimum Gasteiger partial charge on any atom is -0.496 e. The molecule has 86 valence electrons. The van der Waals surface area contributed by atoms with Crippen LogP contribution in [0.1, 0.15) is 15.9 Å². The fourth-order valence-corrected chi connectivity index (χ4v) is 1.75. The van der Waals surface area contributed by atoms with E-state index in [-0.39, 0.29) is 0 Å². The maximum Gasteiger partial charge on any atom is 0.153 e. The molecule has 0 atom stereocenters. The van der Waals surface area contributed by atoms with E-state index in [0.717, 1.165) is 17.4 Å². The highest BCUT2D eigenvalue weighted by atomic mass is 16.5. The molecule has 0 aliphatic heterocycles. The Morgan fingerprint density at radius 2 is 1.65 bits per heavy atom. The van der Waals surface area contributed by atoms with Crippen LogP contribution in [0.3, 0.4) is 0 Å². The lowest BCUT2D eigenvalue weighted by molar-refractivity contribution is 0.112. The van der Waals surface area contributed by atoms with Gasteiger partial charge in [-0.3, -0.25) is 4.79 Å². The van der Waals surface area contributed by atoms with Crippen LogP contribution in [-0.4, -0.2) is 13.4 Å². The highest BCUT2D eigenvalue weighted by Crippen LogP contribution is 2.25. The minimum atomic E-state index is 0.575. The molecule has 0 aliphatic carbocycles. The summed E-state index contributed by atoms with van der Waals surface area (Å²) in [6.07, 6.45) is 0.816. The molecule has 0 radical (unpaired) electrons. The third kappa shape index (κ3) is 2.36. The zero-order valence-electron chi connectivity index (χ0n) is 9.94. The summed E-state index contributed by atoms with van der Waals surface area (Å²) in [5, 5.41) is 0. The first kappa shape index (κ1) is 11.4. The topological polar surface area (TPSA) is 26.3 Å². The van der Waals surface area contributed by atoms with Crippen LogP contribution >= 0.6 is 0 Å². The third-order valence-corrected chi connectivity index (χ3v) is 2.74. The maximum atomic E-state index is 10.9. The normalized spacial score (nSPS) is 10.0. The first-order valence-corrected chi connectivity index (χ1v) is 5.45. The third-order valence-electron chi connectivity index (χ3n) is 2.74. The second-order valence-corrected chi connectivity index (χ2v) is 3.94. The Balaban J connectivity index is 2.46. The molecule has 2 rings (SSSR count). The van der Waals surface area contributed by atoms with E-state index in [1.807, 2.05) is 30.3 Å². The summed E-state index contributed by atoms with van der Waals surface area (Å²) >= 11 is 0. The van der Waals surface area contributed by atoms with Crippen LogP contribution in [0.2, 0.25) is 0 Å². The summed E-state index contributed by atoms with van der Waals surface area (Å²) in [4.78, 5) is 10.9. The predicted octanol–water partition coefficient (Wildman–Crippen LogP) is 3.48. The van der Waals surface area contributed by atoms with E-state index in [2.05, 4.69) is 19.1 Å². The van der Waals surface area contributed by atoms with Crippen LogP contribution in [-0.2, 0) is 0 Å². The van der Waals surface area contributed by atoms with Crippen molar-refractivity contribution in [3.05, 3.63) is 53.6 Å². The summed E-state index contributed by atoms with van der Waals surface area (Å²) in [5.41, 5.74) is 3.91. The van der Waals surface area contributed by atoms with Gasteiger partial charge < -0.3 is 4.74 Å². The quantitative estimate of drug-likeness (QED) is 0.749. The first-order valence-electron chi connectivity index (χ1n) is 5.45. The first-order chi connectivity index (χ1) is 8.24. The number of carbonyl (C=O) groups excluding carboxylic acids is 1. The van der Waals surface area contributed by atoms with Crippen LogP contribution in [0.4, 0.5) is 0 Å². The molecule has 0 unspecified atom stereocenters. The number of carbonyl (C=O) groups is 1. The van der Waals surface area contributed by atoms with Gasteiger partial charge in [-0.1, -0.05) is 35.9 Å². The number of aldehydes is 1. The van der Waals surface area contributed by atoms with Crippen LogP contribution < -0.4 is 4.74 Å². The molecule has 2 heteroatoms. The zero-order valence-corrected chi connectivity index (χ0v) is 9.94. The van der Waals surface area contributed by atoms with Crippen molar-refractivity contribution in [1.29, 1.82) is 0 Å². The van der Waals surface area contributed by atoms with Gasteiger partial charge in [0.05, 0.1) is 12.7 Å². The zero-order chi connectivity index (χ0) is 12.3. The van der Waals surface area contributed by atoms with Crippen molar-refractivity contribution in [1.82, 2.24) is 0 Å². The summed E-state index contributed by atoms with van der Waals surface area (Å²) in [6, 6.07) is 13.8. The fourth-order valence-electron chi connectivity index (χ4n) is 1.75. The fraction of sp³-hybridized carbons (Fsp3) is 0.133. The van der Waals surface area contributed by atoms with E-state index in [1.54, 1.807) is 7.11 Å². The number of ether oxygens (including phenoxy) is 1. The molecule has 0 bridgehead atoms. The Labute approximate surface area is 101 Å². The van der Waals surface area contributed by atoms with Crippen molar-refractivity contribution in [2.75, 3.05) is 7.11 Å². The molecule has 2 nitrogen and oxygen atoms in total. The van der Waals surface area contributed by atoms with E-state index in [0.29, 0.717) is 11.3 Å². The van der Waals surface area contributed by atoms with Gasteiger partial charge in [0.15, 0.2) is 6.29 Å². The van der Waals surface area contributed by atoms with Gasteiger partial charge in [-0.25, -0.2) is 0 Å². The molecule has 17 heavy (non-hydrogen) atoms. The lowest BCUT2D eigenvalue weighted by Gasteiger charge is -2.07. The van der Waals surface area contributed by atoms with Gasteiger partial charge in [0.2, 0.25) is 0 Å². The average Bonchev–Trinajstić information content (AvgIpc) is 2.39. The number of methoxy groups -OCH3 is 1. The van der Waals surface area contributed by atoms with Crippen molar-refractivity contribution in [2.45, 2.75) is 6.92 Å². The summed E-state index contributed by atoms with van der Waals surface area (Å²) in [5.74, 6) is 0.607.